The lowest BCUT2D eigenvalue weighted by Gasteiger charge is -2.28. The van der Waals surface area contributed by atoms with E-state index in [2.05, 4.69) is 9.55 Å². The zero-order valence-electron chi connectivity index (χ0n) is 10.6. The summed E-state index contributed by atoms with van der Waals surface area (Å²) in [4.78, 5) is 15.7. The number of carbonyl (C=O) groups excluding carboxylic acids is 1. The maximum absolute atomic E-state index is 11.6. The number of aromatic nitrogens is 2. The quantitative estimate of drug-likeness (QED) is 0.867. The SMILES string of the molecule is NC(=O)c1cc(-c2cccnc2)n2c1CC(Cl)(Cl)CC2. The fourth-order valence-corrected chi connectivity index (χ4v) is 3.03. The lowest BCUT2D eigenvalue weighted by atomic mass is 10.1. The summed E-state index contributed by atoms with van der Waals surface area (Å²) in [6.07, 6.45) is 4.51. The highest BCUT2D eigenvalue weighted by molar-refractivity contribution is 6.48. The van der Waals surface area contributed by atoms with Crippen molar-refractivity contribution in [1.82, 2.24) is 9.55 Å². The van der Waals surface area contributed by atoms with Crippen LogP contribution in [-0.4, -0.2) is 19.8 Å². The Hall–Kier alpha value is -1.52. The lowest BCUT2D eigenvalue weighted by Crippen LogP contribution is -2.29. The normalized spacial score (nSPS) is 16.7. The molecule has 0 radical (unpaired) electrons. The van der Waals surface area contributed by atoms with Gasteiger partial charge in [0.15, 0.2) is 0 Å². The van der Waals surface area contributed by atoms with E-state index in [0.717, 1.165) is 17.0 Å². The summed E-state index contributed by atoms with van der Waals surface area (Å²) < 4.78 is 1.21. The molecule has 2 aromatic heterocycles. The molecule has 6 heteroatoms. The number of carbonyl (C=O) groups is 1. The predicted octanol–water partition coefficient (Wildman–Crippen LogP) is 2.77. The number of nitrogens with zero attached hydrogens (tertiary/aromatic N) is 2. The molecule has 2 aromatic rings. The maximum Gasteiger partial charge on any atom is 0.250 e. The first-order valence-electron chi connectivity index (χ1n) is 6.28. The van der Waals surface area contributed by atoms with E-state index >= 15 is 0 Å². The van der Waals surface area contributed by atoms with E-state index in [1.165, 1.54) is 0 Å². The Balaban J connectivity index is 2.17. The number of rotatable bonds is 2. The van der Waals surface area contributed by atoms with E-state index < -0.39 is 10.2 Å². The molecule has 0 bridgehead atoms. The van der Waals surface area contributed by atoms with Gasteiger partial charge in [-0.05, 0) is 24.6 Å². The van der Waals surface area contributed by atoms with Crippen LogP contribution in [0, 0.1) is 0 Å². The molecule has 1 amide bonds. The largest absolute Gasteiger partial charge is 0.366 e. The molecule has 104 valence electrons. The summed E-state index contributed by atoms with van der Waals surface area (Å²) in [7, 11) is 0. The summed E-state index contributed by atoms with van der Waals surface area (Å²) in [5, 5.41) is 0. The van der Waals surface area contributed by atoms with Crippen molar-refractivity contribution < 1.29 is 4.79 Å². The Labute approximate surface area is 126 Å². The van der Waals surface area contributed by atoms with E-state index in [0.29, 0.717) is 24.9 Å². The number of alkyl halides is 2. The first kappa shape index (κ1) is 13.5. The molecule has 0 unspecified atom stereocenters. The van der Waals surface area contributed by atoms with Crippen LogP contribution in [0.15, 0.2) is 30.6 Å². The highest BCUT2D eigenvalue weighted by Gasteiger charge is 2.34. The monoisotopic (exact) mass is 309 g/mol. The Bertz CT molecular complexity index is 665. The van der Waals surface area contributed by atoms with Gasteiger partial charge in [-0.15, -0.1) is 23.2 Å². The van der Waals surface area contributed by atoms with Crippen LogP contribution >= 0.6 is 23.2 Å². The molecule has 20 heavy (non-hydrogen) atoms. The van der Waals surface area contributed by atoms with Gasteiger partial charge in [-0.25, -0.2) is 0 Å². The molecule has 1 aliphatic rings. The van der Waals surface area contributed by atoms with Crippen molar-refractivity contribution in [2.45, 2.75) is 23.7 Å². The average Bonchev–Trinajstić information content (AvgIpc) is 2.77. The number of amides is 1. The van der Waals surface area contributed by atoms with Gasteiger partial charge in [0.1, 0.15) is 4.33 Å². The highest BCUT2D eigenvalue weighted by Crippen LogP contribution is 2.39. The number of nitrogens with two attached hydrogens (primary N) is 1. The maximum atomic E-state index is 11.6. The van der Waals surface area contributed by atoms with Crippen molar-refractivity contribution in [3.05, 3.63) is 41.9 Å². The zero-order chi connectivity index (χ0) is 14.3. The van der Waals surface area contributed by atoms with Gasteiger partial charge in [0.05, 0.1) is 11.3 Å². The fraction of sp³-hybridized carbons (Fsp3) is 0.286. The summed E-state index contributed by atoms with van der Waals surface area (Å²) in [5.41, 5.74) is 8.61. The highest BCUT2D eigenvalue weighted by atomic mass is 35.5. The second kappa shape index (κ2) is 4.79. The van der Waals surface area contributed by atoms with Crippen molar-refractivity contribution >= 4 is 29.1 Å². The van der Waals surface area contributed by atoms with E-state index in [1.807, 2.05) is 12.1 Å². The Kier molecular flexibility index (Phi) is 3.22. The molecule has 0 spiro atoms. The lowest BCUT2D eigenvalue weighted by molar-refractivity contribution is 0.0999. The van der Waals surface area contributed by atoms with Crippen molar-refractivity contribution in [2.75, 3.05) is 0 Å². The minimum atomic E-state index is -0.842. The third kappa shape index (κ3) is 2.30. The molecule has 0 saturated carbocycles. The summed E-state index contributed by atoms with van der Waals surface area (Å²) in [6.45, 7) is 0.653. The molecule has 0 aliphatic carbocycles. The number of hydrogen-bond donors (Lipinski definition) is 1. The molecule has 1 aliphatic heterocycles. The van der Waals surface area contributed by atoms with Gasteiger partial charge in [-0.2, -0.15) is 0 Å². The summed E-state index contributed by atoms with van der Waals surface area (Å²) >= 11 is 12.4. The first-order valence-corrected chi connectivity index (χ1v) is 7.04. The van der Waals surface area contributed by atoms with Crippen LogP contribution in [0.25, 0.3) is 11.3 Å². The van der Waals surface area contributed by atoms with Crippen LogP contribution in [0.3, 0.4) is 0 Å². The average molecular weight is 310 g/mol. The van der Waals surface area contributed by atoms with Crippen LogP contribution in [0.1, 0.15) is 22.5 Å². The molecule has 3 heterocycles. The van der Waals surface area contributed by atoms with E-state index in [1.54, 1.807) is 18.5 Å². The van der Waals surface area contributed by atoms with Crippen molar-refractivity contribution in [3.8, 4) is 11.3 Å². The standard InChI is InChI=1S/C14H13Cl2N3O/c15-14(16)3-5-19-11(9-2-1-4-18-8-9)6-10(13(17)20)12(19)7-14/h1-2,4,6,8H,3,5,7H2,(H2,17,20). The van der Waals surface area contributed by atoms with Gasteiger partial charge >= 0.3 is 0 Å². The van der Waals surface area contributed by atoms with Crippen molar-refractivity contribution in [3.63, 3.8) is 0 Å². The van der Waals surface area contributed by atoms with Crippen LogP contribution in [0.5, 0.6) is 0 Å². The second-order valence-electron chi connectivity index (χ2n) is 4.93. The number of pyridine rings is 1. The molecule has 0 atom stereocenters. The molecule has 0 aromatic carbocycles. The minimum absolute atomic E-state index is 0.411. The van der Waals surface area contributed by atoms with Crippen molar-refractivity contribution in [2.24, 2.45) is 5.73 Å². The third-order valence-electron chi connectivity index (χ3n) is 3.56. The van der Waals surface area contributed by atoms with Gasteiger partial charge in [0, 0.05) is 36.6 Å². The Morgan fingerprint density at radius 3 is 2.90 bits per heavy atom. The number of hydrogen-bond acceptors (Lipinski definition) is 2. The number of halogens is 2. The minimum Gasteiger partial charge on any atom is -0.366 e. The van der Waals surface area contributed by atoms with Crippen LogP contribution in [0.2, 0.25) is 0 Å². The van der Waals surface area contributed by atoms with Crippen LogP contribution < -0.4 is 5.73 Å². The smallest absolute Gasteiger partial charge is 0.250 e. The zero-order valence-corrected chi connectivity index (χ0v) is 12.2. The van der Waals surface area contributed by atoms with E-state index in [4.69, 9.17) is 28.9 Å². The van der Waals surface area contributed by atoms with Gasteiger partial charge < -0.3 is 10.3 Å². The number of primary amides is 1. The molecule has 3 rings (SSSR count). The van der Waals surface area contributed by atoms with Gasteiger partial charge in [-0.3, -0.25) is 9.78 Å². The fourth-order valence-electron chi connectivity index (χ4n) is 2.61. The predicted molar refractivity (Wildman–Crippen MR) is 78.9 cm³/mol. The van der Waals surface area contributed by atoms with Gasteiger partial charge in [0.25, 0.3) is 5.91 Å². The van der Waals surface area contributed by atoms with E-state index in [-0.39, 0.29) is 0 Å². The molecular weight excluding hydrogens is 297 g/mol. The molecule has 0 fully saturated rings. The first-order chi connectivity index (χ1) is 9.48. The molecular formula is C14H13Cl2N3O. The van der Waals surface area contributed by atoms with Crippen molar-refractivity contribution in [1.29, 1.82) is 0 Å². The molecule has 2 N–H and O–H groups in total. The van der Waals surface area contributed by atoms with Crippen LogP contribution in [-0.2, 0) is 13.0 Å². The van der Waals surface area contributed by atoms with Gasteiger partial charge in [0.2, 0.25) is 0 Å². The van der Waals surface area contributed by atoms with Crippen LogP contribution in [0.4, 0.5) is 0 Å². The summed E-state index contributed by atoms with van der Waals surface area (Å²) in [6, 6.07) is 5.60. The van der Waals surface area contributed by atoms with E-state index in [9.17, 15) is 4.79 Å². The number of fused-ring (bicyclic) bond motifs is 1. The third-order valence-corrected chi connectivity index (χ3v) is 4.20. The molecule has 4 nitrogen and oxygen atoms in total. The topological polar surface area (TPSA) is 60.9 Å². The summed E-state index contributed by atoms with van der Waals surface area (Å²) in [5.74, 6) is -0.463. The second-order valence-corrected chi connectivity index (χ2v) is 6.57. The van der Waals surface area contributed by atoms with Gasteiger partial charge in [-0.1, -0.05) is 0 Å². The Morgan fingerprint density at radius 1 is 1.45 bits per heavy atom. The molecule has 0 saturated heterocycles. The Morgan fingerprint density at radius 2 is 2.25 bits per heavy atom.